The van der Waals surface area contributed by atoms with Crippen molar-refractivity contribution in [1.82, 2.24) is 10.3 Å². The smallest absolute Gasteiger partial charge is 0.221 e. The molecule has 1 aromatic heterocycles. The number of hydrogen-bond donors (Lipinski definition) is 1. The van der Waals surface area contributed by atoms with E-state index in [2.05, 4.69) is 26.2 Å². The van der Waals surface area contributed by atoms with Crippen molar-refractivity contribution in [3.8, 4) is 5.75 Å². The molecule has 6 heteroatoms. The molecule has 0 saturated carbocycles. The molecular formula is C18H21BrN2O2S. The molecule has 0 bridgehead atoms. The average molecular weight is 409 g/mol. The highest BCUT2D eigenvalue weighted by atomic mass is 79.9. The van der Waals surface area contributed by atoms with Crippen LogP contribution in [-0.4, -0.2) is 23.8 Å². The Morgan fingerprint density at radius 2 is 2.00 bits per heavy atom. The van der Waals surface area contributed by atoms with Crippen LogP contribution in [0.5, 0.6) is 5.75 Å². The highest BCUT2D eigenvalue weighted by Crippen LogP contribution is 2.24. The fraction of sp³-hybridized carbons (Fsp3) is 0.333. The normalized spacial score (nSPS) is 10.5. The lowest BCUT2D eigenvalue weighted by Crippen LogP contribution is -2.24. The highest BCUT2D eigenvalue weighted by Gasteiger charge is 2.10. The van der Waals surface area contributed by atoms with E-state index in [-0.39, 0.29) is 5.91 Å². The Hall–Kier alpha value is -1.53. The van der Waals surface area contributed by atoms with Gasteiger partial charge >= 0.3 is 0 Å². The summed E-state index contributed by atoms with van der Waals surface area (Å²) < 4.78 is 6.44. The van der Waals surface area contributed by atoms with Crippen LogP contribution in [0.2, 0.25) is 0 Å². The largest absolute Gasteiger partial charge is 0.496 e. The lowest BCUT2D eigenvalue weighted by atomic mass is 10.1. The number of thioether (sulfide) groups is 1. The highest BCUT2D eigenvalue weighted by molar-refractivity contribution is 9.10. The molecule has 128 valence electrons. The van der Waals surface area contributed by atoms with Crippen molar-refractivity contribution in [3.63, 3.8) is 0 Å². The van der Waals surface area contributed by atoms with Crippen molar-refractivity contribution >= 4 is 33.6 Å². The molecular weight excluding hydrogens is 388 g/mol. The van der Waals surface area contributed by atoms with E-state index in [1.165, 1.54) is 0 Å². The van der Waals surface area contributed by atoms with Crippen molar-refractivity contribution in [2.45, 2.75) is 31.7 Å². The number of ether oxygens (including phenoxy) is 1. The van der Waals surface area contributed by atoms with Crippen LogP contribution in [0.25, 0.3) is 0 Å². The lowest BCUT2D eigenvalue weighted by molar-refractivity contribution is -0.120. The third kappa shape index (κ3) is 5.24. The number of amides is 1. The van der Waals surface area contributed by atoms with Crippen molar-refractivity contribution in [2.75, 3.05) is 12.9 Å². The van der Waals surface area contributed by atoms with Gasteiger partial charge in [0.1, 0.15) is 5.75 Å². The molecule has 2 rings (SSSR count). The third-order valence-electron chi connectivity index (χ3n) is 3.61. The van der Waals surface area contributed by atoms with E-state index in [0.29, 0.717) is 13.0 Å². The minimum absolute atomic E-state index is 0.0281. The van der Waals surface area contributed by atoms with Gasteiger partial charge in [-0.1, -0.05) is 15.9 Å². The molecule has 0 radical (unpaired) electrons. The zero-order valence-electron chi connectivity index (χ0n) is 14.1. The number of hydrogen-bond acceptors (Lipinski definition) is 4. The molecule has 0 aliphatic carbocycles. The molecule has 1 aromatic carbocycles. The second kappa shape index (κ2) is 9.08. The van der Waals surface area contributed by atoms with E-state index in [4.69, 9.17) is 4.74 Å². The number of pyridine rings is 1. The van der Waals surface area contributed by atoms with E-state index >= 15 is 0 Å². The predicted octanol–water partition coefficient (Wildman–Crippen LogP) is 4.27. The van der Waals surface area contributed by atoms with E-state index in [9.17, 15) is 4.79 Å². The fourth-order valence-corrected chi connectivity index (χ4v) is 3.43. The Bertz CT molecular complexity index is 705. The number of carbonyl (C=O) groups excluding carboxylic acids is 1. The van der Waals surface area contributed by atoms with Crippen LogP contribution in [0.15, 0.2) is 39.8 Å². The molecule has 24 heavy (non-hydrogen) atoms. The van der Waals surface area contributed by atoms with Crippen LogP contribution in [0.4, 0.5) is 0 Å². The van der Waals surface area contributed by atoms with Gasteiger partial charge in [0.15, 0.2) is 0 Å². The summed E-state index contributed by atoms with van der Waals surface area (Å²) in [6.07, 6.45) is 2.25. The summed E-state index contributed by atoms with van der Waals surface area (Å²) in [5.41, 5.74) is 2.81. The Labute approximate surface area is 155 Å². The van der Waals surface area contributed by atoms with Gasteiger partial charge in [0.05, 0.1) is 19.3 Å². The lowest BCUT2D eigenvalue weighted by Gasteiger charge is -2.12. The molecule has 0 spiro atoms. The number of aryl methyl sites for hydroxylation is 1. The summed E-state index contributed by atoms with van der Waals surface area (Å²) >= 11 is 5.08. The molecule has 0 saturated heterocycles. The summed E-state index contributed by atoms with van der Waals surface area (Å²) in [7, 11) is 1.65. The maximum atomic E-state index is 12.0. The molecule has 1 heterocycles. The summed E-state index contributed by atoms with van der Waals surface area (Å²) in [4.78, 5) is 17.6. The number of carbonyl (C=O) groups is 1. The molecule has 0 aliphatic rings. The van der Waals surface area contributed by atoms with E-state index in [0.717, 1.165) is 37.7 Å². The van der Waals surface area contributed by atoms with Crippen molar-refractivity contribution < 1.29 is 9.53 Å². The van der Waals surface area contributed by atoms with Crippen molar-refractivity contribution in [2.24, 2.45) is 0 Å². The van der Waals surface area contributed by atoms with Gasteiger partial charge in [-0.15, -0.1) is 11.8 Å². The SMILES string of the molecule is COc1c(C)cnc(CNC(=O)CCSc2ccc(Br)cc2)c1C. The van der Waals surface area contributed by atoms with Crippen LogP contribution in [-0.2, 0) is 11.3 Å². The first kappa shape index (κ1) is 18.8. The van der Waals surface area contributed by atoms with Crippen LogP contribution in [0.3, 0.4) is 0 Å². The van der Waals surface area contributed by atoms with E-state index < -0.39 is 0 Å². The Morgan fingerprint density at radius 3 is 2.67 bits per heavy atom. The first-order chi connectivity index (χ1) is 11.5. The number of rotatable bonds is 7. The molecule has 0 fully saturated rings. The van der Waals surface area contributed by atoms with Gasteiger partial charge in [0.25, 0.3) is 0 Å². The van der Waals surface area contributed by atoms with Crippen LogP contribution in [0, 0.1) is 13.8 Å². The third-order valence-corrected chi connectivity index (χ3v) is 5.16. The van der Waals surface area contributed by atoms with Crippen LogP contribution >= 0.6 is 27.7 Å². The van der Waals surface area contributed by atoms with Crippen LogP contribution < -0.4 is 10.1 Å². The number of aromatic nitrogens is 1. The van der Waals surface area contributed by atoms with Crippen molar-refractivity contribution in [1.29, 1.82) is 0 Å². The Balaban J connectivity index is 1.80. The van der Waals surface area contributed by atoms with Crippen LogP contribution in [0.1, 0.15) is 23.2 Å². The van der Waals surface area contributed by atoms with E-state index in [1.54, 1.807) is 25.1 Å². The average Bonchev–Trinajstić information content (AvgIpc) is 2.56. The topological polar surface area (TPSA) is 51.2 Å². The quantitative estimate of drug-likeness (QED) is 0.694. The predicted molar refractivity (Wildman–Crippen MR) is 102 cm³/mol. The second-order valence-corrected chi connectivity index (χ2v) is 7.46. The molecule has 0 unspecified atom stereocenters. The zero-order valence-corrected chi connectivity index (χ0v) is 16.5. The number of nitrogens with one attached hydrogen (secondary N) is 1. The van der Waals surface area contributed by atoms with Gasteiger partial charge in [-0.25, -0.2) is 0 Å². The maximum absolute atomic E-state index is 12.0. The van der Waals surface area contributed by atoms with Gasteiger partial charge in [-0.3, -0.25) is 9.78 Å². The standard InChI is InChI=1S/C18H21BrN2O2S/c1-12-10-20-16(13(2)18(12)23-3)11-21-17(22)8-9-24-15-6-4-14(19)5-7-15/h4-7,10H,8-9,11H2,1-3H3,(H,21,22). The summed E-state index contributed by atoms with van der Waals surface area (Å²) in [6.45, 7) is 4.34. The molecule has 4 nitrogen and oxygen atoms in total. The number of nitrogens with zero attached hydrogens (tertiary/aromatic N) is 1. The number of halogens is 1. The van der Waals surface area contributed by atoms with Gasteiger partial charge < -0.3 is 10.1 Å². The number of benzene rings is 1. The fourth-order valence-electron chi connectivity index (χ4n) is 2.31. The molecule has 2 aromatic rings. The minimum atomic E-state index is 0.0281. The number of methoxy groups -OCH3 is 1. The summed E-state index contributed by atoms with van der Waals surface area (Å²) in [6, 6.07) is 8.08. The maximum Gasteiger partial charge on any atom is 0.221 e. The molecule has 1 amide bonds. The first-order valence-corrected chi connectivity index (χ1v) is 9.43. The molecule has 0 atom stereocenters. The van der Waals surface area contributed by atoms with Gasteiger partial charge in [-0.2, -0.15) is 0 Å². The van der Waals surface area contributed by atoms with Gasteiger partial charge in [0.2, 0.25) is 5.91 Å². The van der Waals surface area contributed by atoms with Gasteiger partial charge in [-0.05, 0) is 38.1 Å². The summed E-state index contributed by atoms with van der Waals surface area (Å²) in [5.74, 6) is 1.61. The zero-order chi connectivity index (χ0) is 17.5. The van der Waals surface area contributed by atoms with Gasteiger partial charge in [0, 0.05) is 38.9 Å². The molecule has 0 aliphatic heterocycles. The second-order valence-electron chi connectivity index (χ2n) is 5.38. The monoisotopic (exact) mass is 408 g/mol. The van der Waals surface area contributed by atoms with Crippen molar-refractivity contribution in [3.05, 3.63) is 51.8 Å². The Kier molecular flexibility index (Phi) is 7.12. The molecule has 1 N–H and O–H groups in total. The minimum Gasteiger partial charge on any atom is -0.496 e. The Morgan fingerprint density at radius 1 is 1.29 bits per heavy atom. The summed E-state index contributed by atoms with van der Waals surface area (Å²) in [5, 5.41) is 2.93. The first-order valence-electron chi connectivity index (χ1n) is 7.65. The van der Waals surface area contributed by atoms with E-state index in [1.807, 2.05) is 38.1 Å².